The second kappa shape index (κ2) is 5.50. The minimum Gasteiger partial charge on any atom is -0.459 e. The Morgan fingerprint density at radius 2 is 2.21 bits per heavy atom. The number of rotatable bonds is 4. The van der Waals surface area contributed by atoms with Gasteiger partial charge in [-0.15, -0.1) is 0 Å². The molecule has 4 nitrogen and oxygen atoms in total. The molecule has 0 unspecified atom stereocenters. The van der Waals surface area contributed by atoms with Gasteiger partial charge in [-0.3, -0.25) is 0 Å². The number of esters is 1. The van der Waals surface area contributed by atoms with Crippen molar-refractivity contribution in [2.24, 2.45) is 0 Å². The smallest absolute Gasteiger partial charge is 0.394 e. The molecule has 0 aliphatic carbocycles. The lowest BCUT2D eigenvalue weighted by molar-refractivity contribution is 0.0479. The van der Waals surface area contributed by atoms with E-state index < -0.39 is 5.97 Å². The van der Waals surface area contributed by atoms with E-state index in [0.717, 1.165) is 0 Å². The molecule has 1 aromatic heterocycles. The number of carbonyl (C=O) groups excluding carboxylic acids is 1. The number of ether oxygens (including phenoxy) is 1. The lowest BCUT2D eigenvalue weighted by atomic mass is 10.4. The monoisotopic (exact) mass is 325 g/mol. The molecule has 0 amide bonds. The SMILES string of the molecule is CCOC(=O)c1nc(CBr)c(CBr)o1. The van der Waals surface area contributed by atoms with E-state index in [-0.39, 0.29) is 5.89 Å². The van der Waals surface area contributed by atoms with Crippen molar-refractivity contribution in [1.29, 1.82) is 0 Å². The molecule has 14 heavy (non-hydrogen) atoms. The van der Waals surface area contributed by atoms with E-state index in [9.17, 15) is 4.79 Å². The van der Waals surface area contributed by atoms with Gasteiger partial charge in [0.15, 0.2) is 0 Å². The molecule has 0 saturated heterocycles. The number of hydrogen-bond acceptors (Lipinski definition) is 4. The fourth-order valence-electron chi connectivity index (χ4n) is 0.872. The van der Waals surface area contributed by atoms with Gasteiger partial charge in [-0.1, -0.05) is 31.9 Å². The van der Waals surface area contributed by atoms with Crippen molar-refractivity contribution in [3.05, 3.63) is 17.3 Å². The number of halogens is 2. The third-order valence-electron chi connectivity index (χ3n) is 1.48. The summed E-state index contributed by atoms with van der Waals surface area (Å²) >= 11 is 6.50. The van der Waals surface area contributed by atoms with Crippen LogP contribution in [0, 0.1) is 0 Å². The van der Waals surface area contributed by atoms with Crippen molar-refractivity contribution < 1.29 is 13.9 Å². The number of nitrogens with zero attached hydrogens (tertiary/aromatic N) is 1. The summed E-state index contributed by atoms with van der Waals surface area (Å²) in [4.78, 5) is 15.2. The van der Waals surface area contributed by atoms with Crippen molar-refractivity contribution in [3.63, 3.8) is 0 Å². The number of alkyl halides is 2. The van der Waals surface area contributed by atoms with Crippen LogP contribution in [0.25, 0.3) is 0 Å². The van der Waals surface area contributed by atoms with Crippen molar-refractivity contribution >= 4 is 37.8 Å². The van der Waals surface area contributed by atoms with Crippen LogP contribution >= 0.6 is 31.9 Å². The van der Waals surface area contributed by atoms with E-state index in [1.165, 1.54) is 0 Å². The van der Waals surface area contributed by atoms with E-state index >= 15 is 0 Å². The van der Waals surface area contributed by atoms with Crippen molar-refractivity contribution in [3.8, 4) is 0 Å². The molecule has 0 bridgehead atoms. The molecule has 0 N–H and O–H groups in total. The second-order valence-electron chi connectivity index (χ2n) is 2.38. The first-order valence-corrected chi connectivity index (χ1v) is 6.24. The van der Waals surface area contributed by atoms with Gasteiger partial charge in [-0.25, -0.2) is 9.78 Å². The molecule has 0 fully saturated rings. The topological polar surface area (TPSA) is 52.3 Å². The minimum atomic E-state index is -0.526. The molecule has 0 aromatic carbocycles. The third kappa shape index (κ3) is 2.57. The van der Waals surface area contributed by atoms with Crippen LogP contribution in [0.4, 0.5) is 0 Å². The Morgan fingerprint density at radius 3 is 2.64 bits per heavy atom. The van der Waals surface area contributed by atoms with E-state index in [2.05, 4.69) is 36.8 Å². The average molecular weight is 327 g/mol. The quantitative estimate of drug-likeness (QED) is 0.630. The Labute approximate surface area is 98.3 Å². The molecular weight excluding hydrogens is 318 g/mol. The molecule has 6 heteroatoms. The average Bonchev–Trinajstić information content (AvgIpc) is 2.61. The summed E-state index contributed by atoms with van der Waals surface area (Å²) in [5.41, 5.74) is 0.713. The predicted molar refractivity (Wildman–Crippen MR) is 57.7 cm³/mol. The molecule has 1 aromatic rings. The lowest BCUT2D eigenvalue weighted by Gasteiger charge is -1.94. The lowest BCUT2D eigenvalue weighted by Crippen LogP contribution is -2.04. The Kier molecular flexibility index (Phi) is 4.60. The van der Waals surface area contributed by atoms with Crippen LogP contribution in [0.1, 0.15) is 29.1 Å². The highest BCUT2D eigenvalue weighted by Gasteiger charge is 2.18. The fraction of sp³-hybridized carbons (Fsp3) is 0.500. The summed E-state index contributed by atoms with van der Waals surface area (Å²) in [5.74, 6) is 0.127. The Balaban J connectivity index is 2.88. The first-order valence-electron chi connectivity index (χ1n) is 4.00. The zero-order valence-corrected chi connectivity index (χ0v) is 10.7. The molecule has 78 valence electrons. The number of hydrogen-bond donors (Lipinski definition) is 0. The van der Waals surface area contributed by atoms with Gasteiger partial charge in [0.1, 0.15) is 5.76 Å². The van der Waals surface area contributed by atoms with E-state index in [4.69, 9.17) is 9.15 Å². The van der Waals surface area contributed by atoms with Crippen molar-refractivity contribution in [1.82, 2.24) is 4.98 Å². The number of aromatic nitrogens is 1. The van der Waals surface area contributed by atoms with Crippen molar-refractivity contribution in [2.75, 3.05) is 6.61 Å². The van der Waals surface area contributed by atoms with Crippen molar-refractivity contribution in [2.45, 2.75) is 17.6 Å². The fourth-order valence-corrected chi connectivity index (χ4v) is 1.75. The van der Waals surface area contributed by atoms with Crippen LogP contribution in [0.2, 0.25) is 0 Å². The summed E-state index contributed by atoms with van der Waals surface area (Å²) in [7, 11) is 0. The molecule has 0 spiro atoms. The third-order valence-corrected chi connectivity index (χ3v) is 2.52. The van der Waals surface area contributed by atoms with Crippen LogP contribution < -0.4 is 0 Å². The first kappa shape index (κ1) is 11.7. The molecule has 0 saturated carbocycles. The van der Waals surface area contributed by atoms with Gasteiger partial charge in [0, 0.05) is 5.33 Å². The first-order chi connectivity index (χ1) is 6.72. The maximum Gasteiger partial charge on any atom is 0.394 e. The number of carbonyl (C=O) groups is 1. The molecule has 1 rings (SSSR count). The van der Waals surface area contributed by atoms with Gasteiger partial charge in [0.2, 0.25) is 0 Å². The summed E-state index contributed by atoms with van der Waals surface area (Å²) in [5, 5.41) is 1.08. The predicted octanol–water partition coefficient (Wildman–Crippen LogP) is 2.64. The van der Waals surface area contributed by atoms with Crippen LogP contribution in [0.5, 0.6) is 0 Å². The van der Waals surface area contributed by atoms with Gasteiger partial charge < -0.3 is 9.15 Å². The maximum atomic E-state index is 11.2. The van der Waals surface area contributed by atoms with Gasteiger partial charge in [0.05, 0.1) is 17.6 Å². The summed E-state index contributed by atoms with van der Waals surface area (Å²) < 4.78 is 9.97. The largest absolute Gasteiger partial charge is 0.459 e. The molecule has 1 heterocycles. The molecule has 0 radical (unpaired) electrons. The van der Waals surface area contributed by atoms with Gasteiger partial charge in [0.25, 0.3) is 0 Å². The van der Waals surface area contributed by atoms with Crippen LogP contribution in [0.3, 0.4) is 0 Å². The standard InChI is InChI=1S/C8H9Br2NO3/c1-2-13-8(12)7-11-5(3-9)6(4-10)14-7/h2-4H2,1H3. The second-order valence-corrected chi connectivity index (χ2v) is 3.50. The maximum absolute atomic E-state index is 11.2. The Bertz CT molecular complexity index is 303. The van der Waals surface area contributed by atoms with Crippen LogP contribution in [-0.4, -0.2) is 17.6 Å². The summed E-state index contributed by atoms with van der Waals surface area (Å²) in [6.45, 7) is 2.05. The number of oxazole rings is 1. The summed E-state index contributed by atoms with van der Waals surface area (Å²) in [6.07, 6.45) is 0. The van der Waals surface area contributed by atoms with E-state index in [1.54, 1.807) is 6.92 Å². The minimum absolute atomic E-state index is 0.00995. The molecule has 0 aliphatic rings. The van der Waals surface area contributed by atoms with Crippen LogP contribution in [0.15, 0.2) is 4.42 Å². The Hall–Kier alpha value is -0.360. The Morgan fingerprint density at radius 1 is 1.50 bits per heavy atom. The van der Waals surface area contributed by atoms with Gasteiger partial charge >= 0.3 is 11.9 Å². The molecular formula is C8H9Br2NO3. The zero-order chi connectivity index (χ0) is 10.6. The van der Waals surface area contributed by atoms with E-state index in [1.807, 2.05) is 0 Å². The normalized spacial score (nSPS) is 10.2. The van der Waals surface area contributed by atoms with Crippen LogP contribution in [-0.2, 0) is 15.4 Å². The highest BCUT2D eigenvalue weighted by molar-refractivity contribution is 9.09. The zero-order valence-electron chi connectivity index (χ0n) is 7.55. The summed E-state index contributed by atoms with van der Waals surface area (Å²) in [6, 6.07) is 0. The highest BCUT2D eigenvalue weighted by Crippen LogP contribution is 2.17. The van der Waals surface area contributed by atoms with Gasteiger partial charge in [-0.2, -0.15) is 0 Å². The highest BCUT2D eigenvalue weighted by atomic mass is 79.9. The van der Waals surface area contributed by atoms with Gasteiger partial charge in [-0.05, 0) is 6.92 Å². The molecule has 0 atom stereocenters. The molecule has 0 aliphatic heterocycles. The van der Waals surface area contributed by atoms with E-state index in [0.29, 0.717) is 28.7 Å².